The third-order valence-electron chi connectivity index (χ3n) is 4.36. The van der Waals surface area contributed by atoms with Crippen molar-refractivity contribution in [1.82, 2.24) is 0 Å². The van der Waals surface area contributed by atoms with Crippen LogP contribution in [-0.2, 0) is 11.3 Å². The summed E-state index contributed by atoms with van der Waals surface area (Å²) in [4.78, 5) is -1.80. The fourth-order valence-electron chi connectivity index (χ4n) is 3.33. The van der Waals surface area contributed by atoms with Crippen molar-refractivity contribution in [3.8, 4) is 0 Å². The Morgan fingerprint density at radius 1 is 1.26 bits per heavy atom. The number of rotatable bonds is 1. The zero-order valence-electron chi connectivity index (χ0n) is 10.4. The Kier molecular flexibility index (Phi) is 2.65. The SMILES string of the molecule is C=CC1=C(C)C2(Cl)c3ccc(F)c(F)c3CC2(Cl)C1. The summed E-state index contributed by atoms with van der Waals surface area (Å²) in [6, 6.07) is 2.65. The molecular weight excluding hydrogens is 289 g/mol. The molecular formula is C15H12Cl2F2. The number of hydrogen-bond donors (Lipinski definition) is 0. The van der Waals surface area contributed by atoms with E-state index in [0.717, 1.165) is 17.2 Å². The van der Waals surface area contributed by atoms with Crippen LogP contribution in [0.25, 0.3) is 0 Å². The van der Waals surface area contributed by atoms with Gasteiger partial charge in [-0.3, -0.25) is 0 Å². The number of hydrogen-bond acceptors (Lipinski definition) is 0. The second-order valence-corrected chi connectivity index (χ2v) is 6.51. The fraction of sp³-hybridized carbons (Fsp3) is 0.333. The first kappa shape index (κ1) is 13.1. The summed E-state index contributed by atoms with van der Waals surface area (Å²) < 4.78 is 27.3. The largest absolute Gasteiger partial charge is 0.204 e. The maximum Gasteiger partial charge on any atom is 0.162 e. The van der Waals surface area contributed by atoms with Gasteiger partial charge in [0.2, 0.25) is 0 Å². The van der Waals surface area contributed by atoms with Gasteiger partial charge >= 0.3 is 0 Å². The Bertz CT molecular complexity index is 635. The fourth-order valence-corrected chi connectivity index (χ4v) is 4.29. The van der Waals surface area contributed by atoms with Gasteiger partial charge < -0.3 is 0 Å². The summed E-state index contributed by atoms with van der Waals surface area (Å²) in [5.41, 5.74) is 2.74. The number of benzene rings is 1. The molecule has 0 nitrogen and oxygen atoms in total. The van der Waals surface area contributed by atoms with Crippen molar-refractivity contribution in [1.29, 1.82) is 0 Å². The number of alkyl halides is 2. The zero-order valence-corrected chi connectivity index (χ0v) is 11.9. The molecule has 0 fully saturated rings. The molecule has 2 aliphatic rings. The average Bonchev–Trinajstić information content (AvgIpc) is 2.71. The second kappa shape index (κ2) is 3.83. The van der Waals surface area contributed by atoms with E-state index in [0.29, 0.717) is 17.5 Å². The Labute approximate surface area is 120 Å². The minimum atomic E-state index is -0.970. The molecule has 0 amide bonds. The van der Waals surface area contributed by atoms with Crippen LogP contribution >= 0.6 is 23.2 Å². The van der Waals surface area contributed by atoms with Crippen LogP contribution < -0.4 is 0 Å². The lowest BCUT2D eigenvalue weighted by Gasteiger charge is -2.32. The molecule has 2 unspecified atom stereocenters. The van der Waals surface area contributed by atoms with Crippen LogP contribution in [0.1, 0.15) is 24.5 Å². The van der Waals surface area contributed by atoms with Gasteiger partial charge in [-0.05, 0) is 48.1 Å². The first-order valence-corrected chi connectivity index (χ1v) is 6.78. The van der Waals surface area contributed by atoms with Crippen LogP contribution in [0.4, 0.5) is 8.78 Å². The summed E-state index contributed by atoms with van der Waals surface area (Å²) in [5.74, 6) is -1.69. The molecule has 2 atom stereocenters. The standard InChI is InChI=1S/C15H12Cl2F2/c1-3-9-6-14(16)7-10-11(15(14,17)8(9)2)4-5-12(18)13(10)19/h3-5H,1,6-7H2,2H3. The van der Waals surface area contributed by atoms with Gasteiger partial charge in [-0.1, -0.05) is 18.7 Å². The normalized spacial score (nSPS) is 32.5. The lowest BCUT2D eigenvalue weighted by Crippen LogP contribution is -2.36. The van der Waals surface area contributed by atoms with Crippen molar-refractivity contribution in [2.45, 2.75) is 29.5 Å². The monoisotopic (exact) mass is 300 g/mol. The maximum absolute atomic E-state index is 13.9. The van der Waals surface area contributed by atoms with Crippen molar-refractivity contribution < 1.29 is 8.78 Å². The molecule has 3 rings (SSSR count). The van der Waals surface area contributed by atoms with E-state index in [1.165, 1.54) is 0 Å². The Morgan fingerprint density at radius 3 is 2.58 bits per heavy atom. The van der Waals surface area contributed by atoms with Gasteiger partial charge in [0.25, 0.3) is 0 Å². The van der Waals surface area contributed by atoms with E-state index in [1.54, 1.807) is 12.1 Å². The van der Waals surface area contributed by atoms with Gasteiger partial charge in [0, 0.05) is 0 Å². The Balaban J connectivity index is 2.31. The van der Waals surface area contributed by atoms with E-state index < -0.39 is 21.4 Å². The molecule has 2 aliphatic carbocycles. The lowest BCUT2D eigenvalue weighted by molar-refractivity contribution is 0.494. The summed E-state index contributed by atoms with van der Waals surface area (Å²) in [6.45, 7) is 5.64. The highest BCUT2D eigenvalue weighted by molar-refractivity contribution is 6.38. The van der Waals surface area contributed by atoms with Gasteiger partial charge in [0.05, 0.1) is 4.87 Å². The number of halogens is 4. The molecule has 1 aromatic rings. The van der Waals surface area contributed by atoms with Gasteiger partial charge in [0.15, 0.2) is 11.6 Å². The van der Waals surface area contributed by atoms with E-state index in [1.807, 2.05) is 6.92 Å². The van der Waals surface area contributed by atoms with Crippen LogP contribution in [0.5, 0.6) is 0 Å². The molecule has 0 aliphatic heterocycles. The van der Waals surface area contributed by atoms with Gasteiger partial charge in [-0.2, -0.15) is 0 Å². The molecule has 0 radical (unpaired) electrons. The molecule has 0 saturated carbocycles. The smallest absolute Gasteiger partial charge is 0.162 e. The van der Waals surface area contributed by atoms with Crippen LogP contribution in [0.2, 0.25) is 0 Å². The molecule has 0 spiro atoms. The van der Waals surface area contributed by atoms with Crippen LogP contribution in [0, 0.1) is 11.6 Å². The number of fused-ring (bicyclic) bond motifs is 3. The third-order valence-corrected chi connectivity index (χ3v) is 5.85. The van der Waals surface area contributed by atoms with Crippen LogP contribution in [0.3, 0.4) is 0 Å². The zero-order chi connectivity index (χ0) is 14.0. The van der Waals surface area contributed by atoms with Crippen molar-refractivity contribution in [3.05, 3.63) is 58.7 Å². The topological polar surface area (TPSA) is 0 Å². The molecule has 19 heavy (non-hydrogen) atoms. The summed E-state index contributed by atoms with van der Waals surface area (Å²) in [6.07, 6.45) is 2.48. The minimum Gasteiger partial charge on any atom is -0.204 e. The van der Waals surface area contributed by atoms with E-state index in [2.05, 4.69) is 6.58 Å². The van der Waals surface area contributed by atoms with E-state index in [9.17, 15) is 8.78 Å². The van der Waals surface area contributed by atoms with Crippen molar-refractivity contribution in [2.24, 2.45) is 0 Å². The van der Waals surface area contributed by atoms with Gasteiger partial charge in [-0.15, -0.1) is 23.2 Å². The molecule has 0 heterocycles. The third kappa shape index (κ3) is 1.39. The highest BCUT2D eigenvalue weighted by atomic mass is 35.5. The van der Waals surface area contributed by atoms with E-state index in [-0.39, 0.29) is 6.42 Å². The molecule has 4 heteroatoms. The quantitative estimate of drug-likeness (QED) is 0.651. The lowest BCUT2D eigenvalue weighted by atomic mass is 9.89. The summed E-state index contributed by atoms with van der Waals surface area (Å²) >= 11 is 13.4. The highest BCUT2D eigenvalue weighted by Crippen LogP contribution is 2.64. The predicted octanol–water partition coefficient (Wildman–Crippen LogP) is 4.84. The Morgan fingerprint density at radius 2 is 1.95 bits per heavy atom. The van der Waals surface area contributed by atoms with Gasteiger partial charge in [-0.25, -0.2) is 8.78 Å². The van der Waals surface area contributed by atoms with Crippen molar-refractivity contribution >= 4 is 23.2 Å². The maximum atomic E-state index is 13.9. The van der Waals surface area contributed by atoms with Gasteiger partial charge in [0.1, 0.15) is 4.87 Å². The van der Waals surface area contributed by atoms with Crippen LogP contribution in [-0.4, -0.2) is 4.87 Å². The Hall–Kier alpha value is -0.860. The van der Waals surface area contributed by atoms with Crippen LogP contribution in [0.15, 0.2) is 35.9 Å². The van der Waals surface area contributed by atoms with E-state index in [4.69, 9.17) is 23.2 Å². The molecule has 1 aromatic carbocycles. The van der Waals surface area contributed by atoms with Crippen molar-refractivity contribution in [3.63, 3.8) is 0 Å². The minimum absolute atomic E-state index is 0.228. The van der Waals surface area contributed by atoms with E-state index >= 15 is 0 Å². The average molecular weight is 301 g/mol. The summed E-state index contributed by atoms with van der Waals surface area (Å²) in [7, 11) is 0. The molecule has 0 saturated heterocycles. The molecule has 0 bridgehead atoms. The summed E-state index contributed by atoms with van der Waals surface area (Å²) in [5, 5.41) is 0. The van der Waals surface area contributed by atoms with Crippen molar-refractivity contribution in [2.75, 3.05) is 0 Å². The highest BCUT2D eigenvalue weighted by Gasteiger charge is 2.61. The second-order valence-electron chi connectivity index (χ2n) is 5.22. The molecule has 100 valence electrons. The first-order chi connectivity index (χ1) is 8.85. The molecule has 0 aromatic heterocycles. The number of allylic oxidation sites excluding steroid dienone is 3. The molecule has 0 N–H and O–H groups in total. The first-order valence-electron chi connectivity index (χ1n) is 6.03. The predicted molar refractivity (Wildman–Crippen MR) is 73.7 cm³/mol.